The molecule has 0 saturated carbocycles. The third kappa shape index (κ3) is 5.70. The molecule has 0 heterocycles. The fourth-order valence-corrected chi connectivity index (χ4v) is 5.09. The average Bonchev–Trinajstić information content (AvgIpc) is 2.78. The first kappa shape index (κ1) is 24.5. The summed E-state index contributed by atoms with van der Waals surface area (Å²) in [6, 6.07) is 15.9. The topological polar surface area (TPSA) is 46.6 Å². The largest absolute Gasteiger partial charge is 0.361 e. The van der Waals surface area contributed by atoms with Crippen LogP contribution in [0.4, 0.5) is 0 Å². The van der Waals surface area contributed by atoms with Crippen LogP contribution in [0.25, 0.3) is 0 Å². The van der Waals surface area contributed by atoms with Crippen molar-refractivity contribution in [1.29, 1.82) is 0 Å². The Bertz CT molecular complexity index is 987. The number of benzene rings is 2. The molecule has 0 aliphatic rings. The standard InChI is InChI=1S/C26H31NO3S/c1-6-19-27(31(28,29)24-17-15-22(5)16-18-24)25(21-23-13-11-10-12-14-23)26(8-3,9-4)30-20-7-2/h6-18,25H,1-4,19-21H2,5H3/t25-/m0/s1. The van der Waals surface area contributed by atoms with Crippen LogP contribution in [0, 0.1) is 6.92 Å². The fourth-order valence-electron chi connectivity index (χ4n) is 3.46. The summed E-state index contributed by atoms with van der Waals surface area (Å²) < 4.78 is 35.0. The summed E-state index contributed by atoms with van der Waals surface area (Å²) in [4.78, 5) is 0.212. The smallest absolute Gasteiger partial charge is 0.243 e. The molecule has 0 aliphatic carbocycles. The predicted molar refractivity (Wildman–Crippen MR) is 128 cm³/mol. The molecular weight excluding hydrogens is 406 g/mol. The number of hydrogen-bond acceptors (Lipinski definition) is 3. The van der Waals surface area contributed by atoms with Crippen molar-refractivity contribution in [2.75, 3.05) is 13.2 Å². The number of ether oxygens (including phenoxy) is 1. The van der Waals surface area contributed by atoms with E-state index in [1.807, 2.05) is 37.3 Å². The van der Waals surface area contributed by atoms with Crippen molar-refractivity contribution in [3.63, 3.8) is 0 Å². The third-order valence-electron chi connectivity index (χ3n) is 5.17. The summed E-state index contributed by atoms with van der Waals surface area (Å²) in [6.45, 7) is 17.7. The molecule has 0 amide bonds. The Morgan fingerprint density at radius 2 is 1.58 bits per heavy atom. The lowest BCUT2D eigenvalue weighted by Gasteiger charge is -2.41. The van der Waals surface area contributed by atoms with Crippen LogP contribution in [0.1, 0.15) is 11.1 Å². The van der Waals surface area contributed by atoms with Crippen LogP contribution in [0.3, 0.4) is 0 Å². The van der Waals surface area contributed by atoms with E-state index in [0.29, 0.717) is 6.42 Å². The van der Waals surface area contributed by atoms with Crippen molar-refractivity contribution >= 4 is 10.0 Å². The normalized spacial score (nSPS) is 12.8. The Morgan fingerprint density at radius 3 is 2.10 bits per heavy atom. The van der Waals surface area contributed by atoms with Gasteiger partial charge in [0.05, 0.1) is 17.5 Å². The molecule has 5 heteroatoms. The van der Waals surface area contributed by atoms with Gasteiger partial charge in [0.1, 0.15) is 5.60 Å². The van der Waals surface area contributed by atoms with Gasteiger partial charge in [-0.2, -0.15) is 4.31 Å². The number of rotatable bonds is 13. The monoisotopic (exact) mass is 437 g/mol. The molecule has 2 rings (SSSR count). The summed E-state index contributed by atoms with van der Waals surface area (Å²) in [5, 5.41) is 0. The maximum absolute atomic E-state index is 13.8. The summed E-state index contributed by atoms with van der Waals surface area (Å²) in [5.74, 6) is 0. The van der Waals surface area contributed by atoms with Gasteiger partial charge in [0.15, 0.2) is 0 Å². The molecule has 0 bridgehead atoms. The Hall–Kier alpha value is -2.73. The van der Waals surface area contributed by atoms with E-state index >= 15 is 0 Å². The van der Waals surface area contributed by atoms with Crippen molar-refractivity contribution in [2.24, 2.45) is 0 Å². The summed E-state index contributed by atoms with van der Waals surface area (Å²) >= 11 is 0. The van der Waals surface area contributed by atoms with E-state index in [2.05, 4.69) is 26.3 Å². The van der Waals surface area contributed by atoms with Crippen molar-refractivity contribution in [2.45, 2.75) is 29.9 Å². The molecule has 0 aromatic heterocycles. The Kier molecular flexibility index (Phi) is 8.75. The zero-order chi connectivity index (χ0) is 22.9. The Balaban J connectivity index is 2.67. The van der Waals surface area contributed by atoms with Gasteiger partial charge in [0, 0.05) is 6.54 Å². The minimum atomic E-state index is -3.87. The number of sulfonamides is 1. The second-order valence-corrected chi connectivity index (χ2v) is 9.13. The molecule has 0 aliphatic heterocycles. The average molecular weight is 438 g/mol. The summed E-state index contributed by atoms with van der Waals surface area (Å²) in [6.07, 6.45) is 6.81. The summed E-state index contributed by atoms with van der Waals surface area (Å²) in [7, 11) is -3.87. The van der Waals surface area contributed by atoms with Crippen molar-refractivity contribution in [3.8, 4) is 0 Å². The highest BCUT2D eigenvalue weighted by Crippen LogP contribution is 2.31. The molecule has 164 valence electrons. The first-order valence-electron chi connectivity index (χ1n) is 10.1. The van der Waals surface area contributed by atoms with Crippen LogP contribution in [-0.4, -0.2) is 37.5 Å². The first-order valence-corrected chi connectivity index (χ1v) is 11.5. The second kappa shape index (κ2) is 11.0. The van der Waals surface area contributed by atoms with E-state index in [1.54, 1.807) is 48.6 Å². The van der Waals surface area contributed by atoms with Gasteiger partial charge in [0.2, 0.25) is 10.0 Å². The molecule has 4 nitrogen and oxygen atoms in total. The summed E-state index contributed by atoms with van der Waals surface area (Å²) in [5.41, 5.74) is 0.817. The van der Waals surface area contributed by atoms with Gasteiger partial charge in [-0.15, -0.1) is 13.2 Å². The van der Waals surface area contributed by atoms with Gasteiger partial charge in [-0.1, -0.05) is 85.5 Å². The zero-order valence-electron chi connectivity index (χ0n) is 18.1. The van der Waals surface area contributed by atoms with Crippen LogP contribution >= 0.6 is 0 Å². The molecule has 0 radical (unpaired) electrons. The van der Waals surface area contributed by atoms with Crippen LogP contribution in [0.5, 0.6) is 0 Å². The van der Waals surface area contributed by atoms with Gasteiger partial charge in [-0.25, -0.2) is 8.42 Å². The number of aryl methyl sites for hydroxylation is 1. The van der Waals surface area contributed by atoms with Crippen LogP contribution < -0.4 is 0 Å². The first-order chi connectivity index (χ1) is 14.8. The molecule has 31 heavy (non-hydrogen) atoms. The highest BCUT2D eigenvalue weighted by molar-refractivity contribution is 7.89. The van der Waals surface area contributed by atoms with E-state index in [-0.39, 0.29) is 18.0 Å². The molecule has 2 aromatic carbocycles. The van der Waals surface area contributed by atoms with Gasteiger partial charge in [0.25, 0.3) is 0 Å². The third-order valence-corrected chi connectivity index (χ3v) is 7.06. The van der Waals surface area contributed by atoms with E-state index in [4.69, 9.17) is 4.74 Å². The van der Waals surface area contributed by atoms with E-state index in [0.717, 1.165) is 11.1 Å². The van der Waals surface area contributed by atoms with Crippen molar-refractivity contribution in [3.05, 3.63) is 116 Å². The molecule has 0 unspecified atom stereocenters. The number of nitrogens with zero attached hydrogens (tertiary/aromatic N) is 1. The van der Waals surface area contributed by atoms with E-state index < -0.39 is 21.7 Å². The molecule has 1 atom stereocenters. The predicted octanol–water partition coefficient (Wildman–Crippen LogP) is 5.10. The Morgan fingerprint density at radius 1 is 0.968 bits per heavy atom. The van der Waals surface area contributed by atoms with Crippen molar-refractivity contribution < 1.29 is 13.2 Å². The fraction of sp³-hybridized carbons (Fsp3) is 0.231. The van der Waals surface area contributed by atoms with Crippen LogP contribution in [0.2, 0.25) is 0 Å². The molecule has 0 saturated heterocycles. The van der Waals surface area contributed by atoms with Crippen LogP contribution in [-0.2, 0) is 21.2 Å². The molecule has 2 aromatic rings. The number of hydrogen-bond donors (Lipinski definition) is 0. The lowest BCUT2D eigenvalue weighted by Crippen LogP contribution is -2.55. The quantitative estimate of drug-likeness (QED) is 0.410. The van der Waals surface area contributed by atoms with E-state index in [1.165, 1.54) is 4.31 Å². The molecule has 0 fully saturated rings. The zero-order valence-corrected chi connectivity index (χ0v) is 18.9. The lowest BCUT2D eigenvalue weighted by molar-refractivity contribution is -0.00264. The Labute approximate surface area is 186 Å². The van der Waals surface area contributed by atoms with Crippen molar-refractivity contribution in [1.82, 2.24) is 4.31 Å². The van der Waals surface area contributed by atoms with Crippen LogP contribution in [0.15, 0.2) is 110 Å². The minimum Gasteiger partial charge on any atom is -0.361 e. The highest BCUT2D eigenvalue weighted by atomic mass is 32.2. The van der Waals surface area contributed by atoms with E-state index in [9.17, 15) is 8.42 Å². The minimum absolute atomic E-state index is 0.106. The second-order valence-electron chi connectivity index (χ2n) is 7.24. The van der Waals surface area contributed by atoms with Gasteiger partial charge in [-0.3, -0.25) is 0 Å². The maximum Gasteiger partial charge on any atom is 0.243 e. The molecule has 0 N–H and O–H groups in total. The van der Waals surface area contributed by atoms with Gasteiger partial charge < -0.3 is 4.74 Å². The molecule has 0 spiro atoms. The van der Waals surface area contributed by atoms with Gasteiger partial charge in [-0.05, 0) is 31.0 Å². The SMILES string of the molecule is C=CCOC(C=C)(C=C)[C@H](Cc1ccccc1)N(CC=C)S(=O)(=O)c1ccc(C)cc1. The van der Waals surface area contributed by atoms with Gasteiger partial charge >= 0.3 is 0 Å². The highest BCUT2D eigenvalue weighted by Gasteiger charge is 2.43. The maximum atomic E-state index is 13.8. The molecular formula is C26H31NO3S. The lowest BCUT2D eigenvalue weighted by atomic mass is 9.88.